The number of para-hydroxylation sites is 1. The third-order valence-electron chi connectivity index (χ3n) is 8.18. The van der Waals surface area contributed by atoms with Crippen molar-refractivity contribution < 1.29 is 28.5 Å². The van der Waals surface area contributed by atoms with Crippen LogP contribution in [0.2, 0.25) is 0 Å². The van der Waals surface area contributed by atoms with Crippen LogP contribution in [0, 0.1) is 0 Å². The van der Waals surface area contributed by atoms with Crippen molar-refractivity contribution in [3.8, 4) is 5.75 Å². The van der Waals surface area contributed by atoms with Gasteiger partial charge >= 0.3 is 6.09 Å². The number of hydrogen-bond donors (Lipinski definition) is 1. The molecule has 0 radical (unpaired) electrons. The van der Waals surface area contributed by atoms with Crippen molar-refractivity contribution in [3.63, 3.8) is 0 Å². The summed E-state index contributed by atoms with van der Waals surface area (Å²) in [5.41, 5.74) is 1.14. The van der Waals surface area contributed by atoms with Crippen molar-refractivity contribution in [2.24, 2.45) is 0 Å². The standard InChI is InChI=1S/C32H42N2O6/c1-31(2,3)40-30(36)34-18-17-32(22-37-21-29(35)33-32)28(34)20-38-25-15-13-24(14-16-25)26-11-7-8-12-27(26)39-19-23-9-5-4-6-10-23/h4-12,24-25,28H,13-22H2,1-3H3,(H,33,35)/t24?,25?,28-,32+/m0/s1. The molecule has 3 aliphatic rings. The molecule has 0 bridgehead atoms. The lowest BCUT2D eigenvalue weighted by Gasteiger charge is -2.41. The third kappa shape index (κ3) is 6.78. The van der Waals surface area contributed by atoms with Gasteiger partial charge in [-0.05, 0) is 76.0 Å². The fraction of sp³-hybridized carbons (Fsp3) is 0.562. The fourth-order valence-electron chi connectivity index (χ4n) is 6.17. The van der Waals surface area contributed by atoms with Crippen LogP contribution in [-0.2, 0) is 25.6 Å². The summed E-state index contributed by atoms with van der Waals surface area (Å²) < 4.78 is 24.0. The predicted octanol–water partition coefficient (Wildman–Crippen LogP) is 5.20. The Hall–Kier alpha value is -3.10. The van der Waals surface area contributed by atoms with Gasteiger partial charge in [0.2, 0.25) is 5.91 Å². The second kappa shape index (κ2) is 12.2. The van der Waals surface area contributed by atoms with Gasteiger partial charge in [-0.1, -0.05) is 48.5 Å². The number of morpholine rings is 1. The molecule has 2 aromatic rings. The van der Waals surface area contributed by atoms with Gasteiger partial charge in [0.05, 0.1) is 30.9 Å². The summed E-state index contributed by atoms with van der Waals surface area (Å²) in [6.45, 7) is 7.34. The fourth-order valence-corrected chi connectivity index (χ4v) is 6.17. The molecule has 2 aliphatic heterocycles. The number of nitrogens with zero attached hydrogens (tertiary/aromatic N) is 1. The minimum Gasteiger partial charge on any atom is -0.489 e. The van der Waals surface area contributed by atoms with Crippen LogP contribution < -0.4 is 10.1 Å². The van der Waals surface area contributed by atoms with Crippen LogP contribution in [0.4, 0.5) is 4.79 Å². The molecular formula is C32H42N2O6. The molecule has 8 heteroatoms. The number of hydrogen-bond acceptors (Lipinski definition) is 6. The molecule has 216 valence electrons. The smallest absolute Gasteiger partial charge is 0.410 e. The summed E-state index contributed by atoms with van der Waals surface area (Å²) in [7, 11) is 0. The number of nitrogens with one attached hydrogen (secondary N) is 1. The average Bonchev–Trinajstić information content (AvgIpc) is 3.27. The lowest BCUT2D eigenvalue weighted by atomic mass is 9.82. The minimum atomic E-state index is -0.654. The Kier molecular flexibility index (Phi) is 8.66. The van der Waals surface area contributed by atoms with Crippen LogP contribution in [0.3, 0.4) is 0 Å². The molecular weight excluding hydrogens is 508 g/mol. The van der Waals surface area contributed by atoms with Crippen LogP contribution in [-0.4, -0.2) is 66.6 Å². The highest BCUT2D eigenvalue weighted by Gasteiger charge is 2.53. The summed E-state index contributed by atoms with van der Waals surface area (Å²) in [5.74, 6) is 1.20. The zero-order chi connectivity index (χ0) is 28.2. The molecule has 1 spiro atoms. The summed E-state index contributed by atoms with van der Waals surface area (Å²) in [6, 6.07) is 18.2. The molecule has 3 fully saturated rings. The molecule has 8 nitrogen and oxygen atoms in total. The van der Waals surface area contributed by atoms with Gasteiger partial charge in [-0.3, -0.25) is 4.79 Å². The molecule has 1 saturated carbocycles. The van der Waals surface area contributed by atoms with Crippen molar-refractivity contribution in [1.82, 2.24) is 10.2 Å². The molecule has 0 aromatic heterocycles. The van der Waals surface area contributed by atoms with Crippen molar-refractivity contribution in [3.05, 3.63) is 65.7 Å². The minimum absolute atomic E-state index is 0.0440. The van der Waals surface area contributed by atoms with Gasteiger partial charge in [-0.25, -0.2) is 4.79 Å². The van der Waals surface area contributed by atoms with Gasteiger partial charge in [0.25, 0.3) is 0 Å². The van der Waals surface area contributed by atoms with Crippen LogP contribution in [0.25, 0.3) is 0 Å². The lowest BCUT2D eigenvalue weighted by Crippen LogP contribution is -2.65. The zero-order valence-electron chi connectivity index (χ0n) is 23.9. The van der Waals surface area contributed by atoms with E-state index in [1.165, 1.54) is 5.56 Å². The van der Waals surface area contributed by atoms with Gasteiger partial charge in [0.1, 0.15) is 24.6 Å². The number of likely N-dealkylation sites (tertiary alicyclic amines) is 1. The maximum atomic E-state index is 13.1. The van der Waals surface area contributed by atoms with E-state index in [0.29, 0.717) is 38.7 Å². The van der Waals surface area contributed by atoms with E-state index < -0.39 is 11.1 Å². The molecule has 2 heterocycles. The van der Waals surface area contributed by atoms with Crippen LogP contribution in [0.15, 0.2) is 54.6 Å². The molecule has 40 heavy (non-hydrogen) atoms. The van der Waals surface area contributed by atoms with E-state index >= 15 is 0 Å². The van der Waals surface area contributed by atoms with Crippen LogP contribution in [0.1, 0.15) is 69.9 Å². The molecule has 2 saturated heterocycles. The third-order valence-corrected chi connectivity index (χ3v) is 8.18. The quantitative estimate of drug-likeness (QED) is 0.510. The van der Waals surface area contributed by atoms with E-state index in [9.17, 15) is 9.59 Å². The van der Waals surface area contributed by atoms with E-state index in [1.54, 1.807) is 4.90 Å². The number of benzene rings is 2. The van der Waals surface area contributed by atoms with Crippen LogP contribution >= 0.6 is 0 Å². The Bertz CT molecular complexity index is 1160. The molecule has 0 unspecified atom stereocenters. The van der Waals surface area contributed by atoms with Crippen molar-refractivity contribution >= 4 is 12.0 Å². The molecule has 1 N–H and O–H groups in total. The molecule has 2 aromatic carbocycles. The van der Waals surface area contributed by atoms with Gasteiger partial charge < -0.3 is 29.2 Å². The highest BCUT2D eigenvalue weighted by Crippen LogP contribution is 2.39. The van der Waals surface area contributed by atoms with Crippen LogP contribution in [0.5, 0.6) is 5.75 Å². The Labute approximate surface area is 237 Å². The zero-order valence-corrected chi connectivity index (χ0v) is 23.9. The Morgan fingerprint density at radius 3 is 2.50 bits per heavy atom. The van der Waals surface area contributed by atoms with E-state index in [2.05, 4.69) is 35.6 Å². The molecule has 2 atom stereocenters. The normalized spacial score (nSPS) is 26.9. The largest absolute Gasteiger partial charge is 0.489 e. The van der Waals surface area contributed by atoms with Crippen molar-refractivity contribution in [2.75, 3.05) is 26.4 Å². The van der Waals surface area contributed by atoms with Crippen molar-refractivity contribution in [1.29, 1.82) is 0 Å². The molecule has 5 rings (SSSR count). The molecule has 1 aliphatic carbocycles. The highest BCUT2D eigenvalue weighted by atomic mass is 16.6. The summed E-state index contributed by atoms with van der Waals surface area (Å²) in [5, 5.41) is 3.13. The van der Waals surface area contributed by atoms with E-state index in [1.807, 2.05) is 45.0 Å². The Balaban J connectivity index is 1.20. The average molecular weight is 551 g/mol. The first-order chi connectivity index (χ1) is 19.2. The summed E-state index contributed by atoms with van der Waals surface area (Å²) in [6.07, 6.45) is 4.17. The first-order valence-electron chi connectivity index (χ1n) is 14.5. The monoisotopic (exact) mass is 550 g/mol. The maximum Gasteiger partial charge on any atom is 0.410 e. The first kappa shape index (κ1) is 28.4. The summed E-state index contributed by atoms with van der Waals surface area (Å²) in [4.78, 5) is 27.1. The van der Waals surface area contributed by atoms with Gasteiger partial charge in [-0.15, -0.1) is 0 Å². The second-order valence-corrected chi connectivity index (χ2v) is 12.3. The highest BCUT2D eigenvalue weighted by molar-refractivity contribution is 5.79. The molecule has 2 amide bonds. The van der Waals surface area contributed by atoms with Gasteiger partial charge in [0, 0.05) is 6.54 Å². The van der Waals surface area contributed by atoms with E-state index in [4.69, 9.17) is 18.9 Å². The predicted molar refractivity (Wildman–Crippen MR) is 151 cm³/mol. The van der Waals surface area contributed by atoms with Gasteiger partial charge in [0.15, 0.2) is 0 Å². The maximum absolute atomic E-state index is 13.1. The number of carbonyl (C=O) groups excluding carboxylic acids is 2. The first-order valence-corrected chi connectivity index (χ1v) is 14.5. The summed E-state index contributed by atoms with van der Waals surface area (Å²) >= 11 is 0. The number of amides is 2. The van der Waals surface area contributed by atoms with Crippen molar-refractivity contribution in [2.45, 2.75) is 88.7 Å². The second-order valence-electron chi connectivity index (χ2n) is 12.3. The van der Waals surface area contributed by atoms with E-state index in [0.717, 1.165) is 37.0 Å². The van der Waals surface area contributed by atoms with Gasteiger partial charge in [-0.2, -0.15) is 0 Å². The Morgan fingerprint density at radius 1 is 1.05 bits per heavy atom. The van der Waals surface area contributed by atoms with E-state index in [-0.39, 0.29) is 30.8 Å². The SMILES string of the molecule is CC(C)(C)OC(=O)N1CC[C@@]2(COCC(=O)N2)[C@@H]1COC1CCC(c2ccccc2OCc2ccccc2)CC1. The number of rotatable bonds is 7. The number of carbonyl (C=O) groups is 2. The Morgan fingerprint density at radius 2 is 1.77 bits per heavy atom. The topological polar surface area (TPSA) is 86.3 Å². The number of ether oxygens (including phenoxy) is 4. The lowest BCUT2D eigenvalue weighted by molar-refractivity contribution is -0.137.